The fraction of sp³-hybridized carbons (Fsp3) is 0.375. The summed E-state index contributed by atoms with van der Waals surface area (Å²) in [4.78, 5) is 13.7. The average molecular weight is 168 g/mol. The van der Waals surface area contributed by atoms with E-state index in [2.05, 4.69) is 4.98 Å². The van der Waals surface area contributed by atoms with Crippen molar-refractivity contribution < 1.29 is 5.11 Å². The number of pyridine rings is 1. The standard InChI is InChI=1S/C8H12N2O2/c1-4-7(9)3-6(5(2)11)8(12)10-4/h3,5,11H,9H2,1-2H3,(H,10,12). The van der Waals surface area contributed by atoms with Crippen LogP contribution in [0.2, 0.25) is 0 Å². The zero-order valence-electron chi connectivity index (χ0n) is 7.09. The van der Waals surface area contributed by atoms with Gasteiger partial charge in [-0.1, -0.05) is 0 Å². The number of anilines is 1. The molecule has 0 radical (unpaired) electrons. The van der Waals surface area contributed by atoms with Gasteiger partial charge in [0.1, 0.15) is 0 Å². The maximum Gasteiger partial charge on any atom is 0.254 e. The summed E-state index contributed by atoms with van der Waals surface area (Å²) in [6.07, 6.45) is -0.781. The Morgan fingerprint density at radius 2 is 2.25 bits per heavy atom. The molecule has 1 aromatic rings. The Kier molecular flexibility index (Phi) is 2.19. The Morgan fingerprint density at radius 3 is 2.75 bits per heavy atom. The van der Waals surface area contributed by atoms with Crippen molar-refractivity contribution in [3.8, 4) is 0 Å². The van der Waals surface area contributed by atoms with E-state index in [4.69, 9.17) is 10.8 Å². The van der Waals surface area contributed by atoms with Gasteiger partial charge in [0.2, 0.25) is 0 Å². The first kappa shape index (κ1) is 8.80. The number of aryl methyl sites for hydroxylation is 1. The van der Waals surface area contributed by atoms with E-state index in [1.165, 1.54) is 13.0 Å². The van der Waals surface area contributed by atoms with Gasteiger partial charge in [-0.15, -0.1) is 0 Å². The summed E-state index contributed by atoms with van der Waals surface area (Å²) in [7, 11) is 0. The predicted octanol–water partition coefficient (Wildman–Crippen LogP) is 0.319. The van der Waals surface area contributed by atoms with Gasteiger partial charge >= 0.3 is 0 Å². The van der Waals surface area contributed by atoms with E-state index in [1.807, 2.05) is 0 Å². The molecule has 4 N–H and O–H groups in total. The Labute approximate surface area is 70.0 Å². The fourth-order valence-corrected chi connectivity index (χ4v) is 0.966. The Balaban J connectivity index is 3.33. The molecule has 1 aromatic heterocycles. The van der Waals surface area contributed by atoms with Crippen LogP contribution in [0.3, 0.4) is 0 Å². The van der Waals surface area contributed by atoms with Crippen molar-refractivity contribution >= 4 is 5.69 Å². The van der Waals surface area contributed by atoms with Gasteiger partial charge in [0.05, 0.1) is 11.8 Å². The summed E-state index contributed by atoms with van der Waals surface area (Å²) in [5, 5.41) is 9.14. The number of nitrogens with one attached hydrogen (secondary N) is 1. The van der Waals surface area contributed by atoms with Crippen LogP contribution in [-0.4, -0.2) is 10.1 Å². The molecule has 1 atom stereocenters. The number of H-pyrrole nitrogens is 1. The average Bonchev–Trinajstić information content (AvgIpc) is 1.96. The number of aromatic amines is 1. The number of nitrogen functional groups attached to an aromatic ring is 1. The van der Waals surface area contributed by atoms with Gasteiger partial charge in [-0.3, -0.25) is 4.79 Å². The van der Waals surface area contributed by atoms with E-state index in [0.717, 1.165) is 0 Å². The van der Waals surface area contributed by atoms with Crippen LogP contribution in [-0.2, 0) is 0 Å². The van der Waals surface area contributed by atoms with Crippen molar-refractivity contribution in [3.63, 3.8) is 0 Å². The van der Waals surface area contributed by atoms with Gasteiger partial charge < -0.3 is 15.8 Å². The van der Waals surface area contributed by atoms with E-state index in [0.29, 0.717) is 16.9 Å². The number of nitrogens with two attached hydrogens (primary N) is 1. The highest BCUT2D eigenvalue weighted by Crippen LogP contribution is 2.11. The molecule has 0 amide bonds. The zero-order valence-corrected chi connectivity index (χ0v) is 7.09. The molecule has 0 saturated heterocycles. The van der Waals surface area contributed by atoms with Crippen LogP contribution in [0.15, 0.2) is 10.9 Å². The lowest BCUT2D eigenvalue weighted by Crippen LogP contribution is -2.16. The zero-order chi connectivity index (χ0) is 9.30. The summed E-state index contributed by atoms with van der Waals surface area (Å²) in [6.45, 7) is 3.24. The second-order valence-electron chi connectivity index (χ2n) is 2.81. The Bertz CT molecular complexity index is 341. The van der Waals surface area contributed by atoms with E-state index in [-0.39, 0.29) is 5.56 Å². The molecule has 0 aromatic carbocycles. The summed E-state index contributed by atoms with van der Waals surface area (Å²) in [5.74, 6) is 0. The molecule has 12 heavy (non-hydrogen) atoms. The van der Waals surface area contributed by atoms with Crippen molar-refractivity contribution in [1.82, 2.24) is 4.98 Å². The maximum atomic E-state index is 11.2. The monoisotopic (exact) mass is 168 g/mol. The number of rotatable bonds is 1. The van der Waals surface area contributed by atoms with Crippen LogP contribution in [0.25, 0.3) is 0 Å². The van der Waals surface area contributed by atoms with Crippen molar-refractivity contribution in [3.05, 3.63) is 27.7 Å². The maximum absolute atomic E-state index is 11.2. The number of aromatic nitrogens is 1. The summed E-state index contributed by atoms with van der Waals surface area (Å²) in [5.41, 5.74) is 6.69. The molecular formula is C8H12N2O2. The smallest absolute Gasteiger partial charge is 0.254 e. The molecule has 1 heterocycles. The van der Waals surface area contributed by atoms with Gasteiger partial charge in [0.15, 0.2) is 0 Å². The first-order chi connectivity index (χ1) is 5.52. The summed E-state index contributed by atoms with van der Waals surface area (Å²) >= 11 is 0. The highest BCUT2D eigenvalue weighted by atomic mass is 16.3. The highest BCUT2D eigenvalue weighted by Gasteiger charge is 2.07. The van der Waals surface area contributed by atoms with Crippen LogP contribution < -0.4 is 11.3 Å². The first-order valence-corrected chi connectivity index (χ1v) is 3.69. The lowest BCUT2D eigenvalue weighted by atomic mass is 10.1. The van der Waals surface area contributed by atoms with E-state index in [9.17, 15) is 4.79 Å². The number of hydrogen-bond acceptors (Lipinski definition) is 3. The van der Waals surface area contributed by atoms with Crippen LogP contribution in [0.1, 0.15) is 24.3 Å². The fourth-order valence-electron chi connectivity index (χ4n) is 0.966. The van der Waals surface area contributed by atoms with Gasteiger partial charge in [-0.25, -0.2) is 0 Å². The van der Waals surface area contributed by atoms with Gasteiger partial charge in [-0.05, 0) is 19.9 Å². The lowest BCUT2D eigenvalue weighted by molar-refractivity contribution is 0.197. The third kappa shape index (κ3) is 1.48. The van der Waals surface area contributed by atoms with Crippen molar-refractivity contribution in [2.24, 2.45) is 0 Å². The predicted molar refractivity (Wildman–Crippen MR) is 46.8 cm³/mol. The van der Waals surface area contributed by atoms with Crippen LogP contribution in [0.5, 0.6) is 0 Å². The van der Waals surface area contributed by atoms with Crippen LogP contribution in [0.4, 0.5) is 5.69 Å². The van der Waals surface area contributed by atoms with Crippen LogP contribution in [0, 0.1) is 6.92 Å². The van der Waals surface area contributed by atoms with Crippen molar-refractivity contribution in [1.29, 1.82) is 0 Å². The molecule has 0 aliphatic rings. The van der Waals surface area contributed by atoms with E-state index < -0.39 is 6.10 Å². The molecule has 1 unspecified atom stereocenters. The molecule has 66 valence electrons. The summed E-state index contributed by atoms with van der Waals surface area (Å²) < 4.78 is 0. The lowest BCUT2D eigenvalue weighted by Gasteiger charge is -2.05. The van der Waals surface area contributed by atoms with Gasteiger partial charge in [0.25, 0.3) is 5.56 Å². The number of aliphatic hydroxyl groups is 1. The third-order valence-electron chi connectivity index (χ3n) is 1.76. The largest absolute Gasteiger partial charge is 0.397 e. The molecular weight excluding hydrogens is 156 g/mol. The molecule has 0 spiro atoms. The first-order valence-electron chi connectivity index (χ1n) is 3.69. The van der Waals surface area contributed by atoms with E-state index in [1.54, 1.807) is 6.92 Å². The molecule has 0 aliphatic heterocycles. The minimum Gasteiger partial charge on any atom is -0.397 e. The van der Waals surface area contributed by atoms with Gasteiger partial charge in [0, 0.05) is 11.3 Å². The van der Waals surface area contributed by atoms with Crippen LogP contribution >= 0.6 is 0 Å². The van der Waals surface area contributed by atoms with Gasteiger partial charge in [-0.2, -0.15) is 0 Å². The second kappa shape index (κ2) is 2.98. The molecule has 4 nitrogen and oxygen atoms in total. The normalized spacial score (nSPS) is 12.9. The SMILES string of the molecule is Cc1[nH]c(=O)c(C(C)O)cc1N. The quantitative estimate of drug-likeness (QED) is 0.565. The van der Waals surface area contributed by atoms with Crippen molar-refractivity contribution in [2.75, 3.05) is 5.73 Å². The molecule has 0 fully saturated rings. The van der Waals surface area contributed by atoms with E-state index >= 15 is 0 Å². The number of hydrogen-bond donors (Lipinski definition) is 3. The minimum absolute atomic E-state index is 0.281. The molecule has 0 aliphatic carbocycles. The molecule has 1 rings (SSSR count). The molecule has 4 heteroatoms. The molecule has 0 bridgehead atoms. The number of aliphatic hydroxyl groups excluding tert-OH is 1. The Morgan fingerprint density at radius 1 is 1.67 bits per heavy atom. The highest BCUT2D eigenvalue weighted by molar-refractivity contribution is 5.44. The van der Waals surface area contributed by atoms with Crippen molar-refractivity contribution in [2.45, 2.75) is 20.0 Å². The summed E-state index contributed by atoms with van der Waals surface area (Å²) in [6, 6.07) is 1.50. The minimum atomic E-state index is -0.781. The second-order valence-corrected chi connectivity index (χ2v) is 2.81. The topological polar surface area (TPSA) is 79.1 Å². The Hall–Kier alpha value is -1.29. The third-order valence-corrected chi connectivity index (χ3v) is 1.76. The molecule has 0 saturated carbocycles.